The summed E-state index contributed by atoms with van der Waals surface area (Å²) in [5, 5.41) is 5.54. The molecule has 0 atom stereocenters. The fourth-order valence-electron chi connectivity index (χ4n) is 1.90. The first kappa shape index (κ1) is 19.1. The second-order valence-electron chi connectivity index (χ2n) is 5.15. The average Bonchev–Trinajstić information content (AvgIpc) is 2.59. The van der Waals surface area contributed by atoms with Crippen molar-refractivity contribution in [3.05, 3.63) is 65.5 Å². The number of nitrogens with zero attached hydrogens (tertiary/aromatic N) is 1. The number of halogens is 4. The lowest BCUT2D eigenvalue weighted by Crippen LogP contribution is -2.29. The first-order chi connectivity index (χ1) is 12.2. The highest BCUT2D eigenvalue weighted by atomic mass is 19.4. The number of carbonyl (C=O) groups is 2. The molecule has 136 valence electrons. The molecular formula is C17H13F4N3O2. The number of nitrogens with one attached hydrogen (secondary N) is 2. The third-order valence-electron chi connectivity index (χ3n) is 3.26. The largest absolute Gasteiger partial charge is 0.471 e. The van der Waals surface area contributed by atoms with Gasteiger partial charge in [0.15, 0.2) is 0 Å². The van der Waals surface area contributed by atoms with Gasteiger partial charge in [0.05, 0.1) is 11.3 Å². The first-order valence-corrected chi connectivity index (χ1v) is 7.26. The number of rotatable bonds is 4. The Hall–Kier alpha value is -3.23. The standard InChI is InChI=1S/C17H13F4N3O2/c1-10(23-24-15(25)13-4-2-3-5-14(13)18)11-6-8-12(9-7-11)22-16(26)17(19,20)21/h2-9H,1H3,(H,22,26)(H,24,25). The van der Waals surface area contributed by atoms with Crippen LogP contribution in [0.25, 0.3) is 0 Å². The van der Waals surface area contributed by atoms with Crippen LogP contribution < -0.4 is 10.7 Å². The lowest BCUT2D eigenvalue weighted by molar-refractivity contribution is -0.167. The Morgan fingerprint density at radius 3 is 2.19 bits per heavy atom. The third-order valence-corrected chi connectivity index (χ3v) is 3.26. The van der Waals surface area contributed by atoms with Crippen molar-refractivity contribution in [3.8, 4) is 0 Å². The van der Waals surface area contributed by atoms with E-state index in [-0.39, 0.29) is 11.3 Å². The Morgan fingerprint density at radius 2 is 1.62 bits per heavy atom. The van der Waals surface area contributed by atoms with Crippen molar-refractivity contribution in [2.45, 2.75) is 13.1 Å². The van der Waals surface area contributed by atoms with E-state index in [9.17, 15) is 27.2 Å². The predicted molar refractivity (Wildman–Crippen MR) is 87.2 cm³/mol. The second-order valence-corrected chi connectivity index (χ2v) is 5.15. The maximum absolute atomic E-state index is 13.5. The van der Waals surface area contributed by atoms with Gasteiger partial charge in [0.25, 0.3) is 5.91 Å². The topological polar surface area (TPSA) is 70.6 Å². The number of anilines is 1. The SMILES string of the molecule is CC(=NNC(=O)c1ccccc1F)c1ccc(NC(=O)C(F)(F)F)cc1. The van der Waals surface area contributed by atoms with Crippen LogP contribution >= 0.6 is 0 Å². The minimum atomic E-state index is -4.98. The van der Waals surface area contributed by atoms with E-state index >= 15 is 0 Å². The lowest BCUT2D eigenvalue weighted by Gasteiger charge is -2.08. The lowest BCUT2D eigenvalue weighted by atomic mass is 10.1. The van der Waals surface area contributed by atoms with Crippen LogP contribution in [0.2, 0.25) is 0 Å². The van der Waals surface area contributed by atoms with Crippen LogP contribution in [0.1, 0.15) is 22.8 Å². The maximum Gasteiger partial charge on any atom is 0.471 e. The molecule has 0 saturated carbocycles. The van der Waals surface area contributed by atoms with Crippen LogP contribution in [0.5, 0.6) is 0 Å². The zero-order chi connectivity index (χ0) is 19.3. The Bertz CT molecular complexity index is 846. The minimum absolute atomic E-state index is 0.0423. The van der Waals surface area contributed by atoms with Crippen LogP contribution in [0, 0.1) is 5.82 Å². The van der Waals surface area contributed by atoms with E-state index in [0.717, 1.165) is 6.07 Å². The predicted octanol–water partition coefficient (Wildman–Crippen LogP) is 3.48. The van der Waals surface area contributed by atoms with Crippen molar-refractivity contribution < 1.29 is 27.2 Å². The van der Waals surface area contributed by atoms with Gasteiger partial charge in [-0.05, 0) is 36.8 Å². The molecule has 0 heterocycles. The van der Waals surface area contributed by atoms with Gasteiger partial charge >= 0.3 is 12.1 Å². The molecule has 0 spiro atoms. The molecule has 0 radical (unpaired) electrons. The fourth-order valence-corrected chi connectivity index (χ4v) is 1.90. The molecule has 9 heteroatoms. The molecule has 2 rings (SSSR count). The fraction of sp³-hybridized carbons (Fsp3) is 0.118. The van der Waals surface area contributed by atoms with Crippen molar-refractivity contribution in [1.29, 1.82) is 0 Å². The molecule has 0 unspecified atom stereocenters. The molecule has 26 heavy (non-hydrogen) atoms. The molecule has 0 bridgehead atoms. The van der Waals surface area contributed by atoms with Crippen LogP contribution in [0.4, 0.5) is 23.2 Å². The number of amides is 2. The van der Waals surface area contributed by atoms with Gasteiger partial charge in [0.2, 0.25) is 0 Å². The highest BCUT2D eigenvalue weighted by Gasteiger charge is 2.38. The van der Waals surface area contributed by atoms with Crippen molar-refractivity contribution in [1.82, 2.24) is 5.43 Å². The van der Waals surface area contributed by atoms with Gasteiger partial charge in [0.1, 0.15) is 5.82 Å². The van der Waals surface area contributed by atoms with Crippen molar-refractivity contribution in [2.24, 2.45) is 5.10 Å². The summed E-state index contributed by atoms with van der Waals surface area (Å²) in [4.78, 5) is 22.7. The normalized spacial score (nSPS) is 11.8. The zero-order valence-corrected chi connectivity index (χ0v) is 13.4. The number of carbonyl (C=O) groups excluding carboxylic acids is 2. The van der Waals surface area contributed by atoms with Gasteiger partial charge < -0.3 is 5.32 Å². The molecule has 0 saturated heterocycles. The van der Waals surface area contributed by atoms with E-state index in [0.29, 0.717) is 11.3 Å². The van der Waals surface area contributed by atoms with E-state index in [4.69, 9.17) is 0 Å². The molecule has 0 aliphatic heterocycles. The zero-order valence-electron chi connectivity index (χ0n) is 13.4. The summed E-state index contributed by atoms with van der Waals surface area (Å²) in [7, 11) is 0. The molecule has 0 aliphatic rings. The summed E-state index contributed by atoms with van der Waals surface area (Å²) in [6.45, 7) is 1.55. The molecule has 2 aromatic carbocycles. The quantitative estimate of drug-likeness (QED) is 0.493. The number of hydrogen-bond donors (Lipinski definition) is 2. The molecule has 2 amide bonds. The van der Waals surface area contributed by atoms with Crippen LogP contribution in [0.3, 0.4) is 0 Å². The summed E-state index contributed by atoms with van der Waals surface area (Å²) in [6, 6.07) is 10.7. The Morgan fingerprint density at radius 1 is 1.00 bits per heavy atom. The smallest absolute Gasteiger partial charge is 0.318 e. The minimum Gasteiger partial charge on any atom is -0.318 e. The summed E-state index contributed by atoms with van der Waals surface area (Å²) in [5.74, 6) is -3.51. The van der Waals surface area contributed by atoms with Crippen LogP contribution in [-0.2, 0) is 4.79 Å². The average molecular weight is 367 g/mol. The van der Waals surface area contributed by atoms with Gasteiger partial charge in [-0.3, -0.25) is 9.59 Å². The number of benzene rings is 2. The van der Waals surface area contributed by atoms with E-state index in [1.807, 2.05) is 0 Å². The van der Waals surface area contributed by atoms with Crippen molar-refractivity contribution in [3.63, 3.8) is 0 Å². The summed E-state index contributed by atoms with van der Waals surface area (Å²) in [5.41, 5.74) is 2.81. The molecule has 0 fully saturated rings. The maximum atomic E-state index is 13.5. The summed E-state index contributed by atoms with van der Waals surface area (Å²) < 4.78 is 50.1. The highest BCUT2D eigenvalue weighted by Crippen LogP contribution is 2.18. The van der Waals surface area contributed by atoms with E-state index < -0.39 is 23.8 Å². The van der Waals surface area contributed by atoms with Crippen LogP contribution in [0.15, 0.2) is 53.6 Å². The van der Waals surface area contributed by atoms with Gasteiger partial charge in [-0.1, -0.05) is 24.3 Å². The number of alkyl halides is 3. The van der Waals surface area contributed by atoms with Gasteiger partial charge in [-0.15, -0.1) is 0 Å². The van der Waals surface area contributed by atoms with Crippen molar-refractivity contribution >= 4 is 23.2 Å². The monoisotopic (exact) mass is 367 g/mol. The second kappa shape index (κ2) is 7.77. The van der Waals surface area contributed by atoms with Gasteiger partial charge in [0, 0.05) is 5.69 Å². The third kappa shape index (κ3) is 4.88. The first-order valence-electron chi connectivity index (χ1n) is 7.26. The molecule has 0 aliphatic carbocycles. The van der Waals surface area contributed by atoms with E-state index in [1.54, 1.807) is 12.2 Å². The van der Waals surface area contributed by atoms with E-state index in [1.165, 1.54) is 42.5 Å². The van der Waals surface area contributed by atoms with E-state index in [2.05, 4.69) is 10.5 Å². The molecular weight excluding hydrogens is 354 g/mol. The Balaban J connectivity index is 2.04. The molecule has 5 nitrogen and oxygen atoms in total. The molecule has 2 aromatic rings. The van der Waals surface area contributed by atoms with Crippen molar-refractivity contribution in [2.75, 3.05) is 5.32 Å². The summed E-state index contributed by atoms with van der Waals surface area (Å²) in [6.07, 6.45) is -4.98. The van der Waals surface area contributed by atoms with Crippen LogP contribution in [-0.4, -0.2) is 23.7 Å². The number of hydrazone groups is 1. The summed E-state index contributed by atoms with van der Waals surface area (Å²) >= 11 is 0. The van der Waals surface area contributed by atoms with Gasteiger partial charge in [-0.2, -0.15) is 18.3 Å². The highest BCUT2D eigenvalue weighted by molar-refractivity contribution is 6.01. The number of hydrogen-bond acceptors (Lipinski definition) is 3. The Labute approximate surface area is 145 Å². The Kier molecular flexibility index (Phi) is 5.71. The molecule has 2 N–H and O–H groups in total. The van der Waals surface area contributed by atoms with Gasteiger partial charge in [-0.25, -0.2) is 9.82 Å². The molecule has 0 aromatic heterocycles.